The molecule has 1 aromatic rings. The van der Waals surface area contributed by atoms with Gasteiger partial charge in [-0.3, -0.25) is 9.78 Å². The lowest BCUT2D eigenvalue weighted by Gasteiger charge is -2.25. The van der Waals surface area contributed by atoms with Gasteiger partial charge in [0.1, 0.15) is 5.69 Å². The molecule has 1 aromatic heterocycles. The van der Waals surface area contributed by atoms with Gasteiger partial charge in [0.2, 0.25) is 0 Å². The van der Waals surface area contributed by atoms with Crippen molar-refractivity contribution < 1.29 is 9.90 Å². The Morgan fingerprint density at radius 3 is 2.93 bits per heavy atom. The maximum atomic E-state index is 10.9. The first-order chi connectivity index (χ1) is 7.06. The molecule has 3 N–H and O–H groups in total. The van der Waals surface area contributed by atoms with Gasteiger partial charge in [0.25, 0.3) is 5.91 Å². The molecular formula is C10H15N3O2. The van der Waals surface area contributed by atoms with Crippen molar-refractivity contribution in [1.29, 1.82) is 0 Å². The molecule has 1 amide bonds. The van der Waals surface area contributed by atoms with Crippen LogP contribution in [-0.4, -0.2) is 35.7 Å². The normalized spacial score (nSPS) is 12.2. The number of nitrogens with zero attached hydrogens (tertiary/aromatic N) is 2. The van der Waals surface area contributed by atoms with E-state index < -0.39 is 5.91 Å². The van der Waals surface area contributed by atoms with Crippen molar-refractivity contribution in [3.63, 3.8) is 0 Å². The summed E-state index contributed by atoms with van der Waals surface area (Å²) in [4.78, 5) is 16.6. The SMILES string of the molecule is CC(CO)N(C)c1ccnc(C(N)=O)c1. The molecule has 0 aliphatic heterocycles. The van der Waals surface area contributed by atoms with Gasteiger partial charge in [0.05, 0.1) is 6.61 Å². The molecule has 5 nitrogen and oxygen atoms in total. The molecule has 0 radical (unpaired) electrons. The summed E-state index contributed by atoms with van der Waals surface area (Å²) in [6, 6.07) is 3.35. The molecule has 0 saturated carbocycles. The fraction of sp³-hybridized carbons (Fsp3) is 0.400. The highest BCUT2D eigenvalue weighted by Gasteiger charge is 2.10. The third kappa shape index (κ3) is 2.66. The molecule has 1 rings (SSSR count). The van der Waals surface area contributed by atoms with E-state index in [1.807, 2.05) is 18.9 Å². The number of primary amides is 1. The number of carbonyl (C=O) groups excluding carboxylic acids is 1. The van der Waals surface area contributed by atoms with Crippen molar-refractivity contribution in [3.8, 4) is 0 Å². The minimum atomic E-state index is -0.554. The predicted molar refractivity (Wildman–Crippen MR) is 57.7 cm³/mol. The van der Waals surface area contributed by atoms with Gasteiger partial charge < -0.3 is 15.7 Å². The molecule has 5 heteroatoms. The van der Waals surface area contributed by atoms with Crippen molar-refractivity contribution in [2.24, 2.45) is 5.73 Å². The van der Waals surface area contributed by atoms with Crippen LogP contribution in [0.15, 0.2) is 18.3 Å². The van der Waals surface area contributed by atoms with Gasteiger partial charge in [-0.05, 0) is 19.1 Å². The molecule has 0 aliphatic rings. The number of pyridine rings is 1. The quantitative estimate of drug-likeness (QED) is 0.731. The van der Waals surface area contributed by atoms with Gasteiger partial charge in [-0.15, -0.1) is 0 Å². The van der Waals surface area contributed by atoms with Crippen molar-refractivity contribution in [1.82, 2.24) is 4.98 Å². The van der Waals surface area contributed by atoms with Crippen LogP contribution in [0.4, 0.5) is 5.69 Å². The molecule has 0 bridgehead atoms. The Morgan fingerprint density at radius 2 is 2.40 bits per heavy atom. The Bertz CT molecular complexity index is 354. The monoisotopic (exact) mass is 209 g/mol. The number of carbonyl (C=O) groups is 1. The second kappa shape index (κ2) is 4.75. The van der Waals surface area contributed by atoms with E-state index in [4.69, 9.17) is 10.8 Å². The zero-order chi connectivity index (χ0) is 11.4. The minimum absolute atomic E-state index is 0.0203. The average molecular weight is 209 g/mol. The Kier molecular flexibility index (Phi) is 3.62. The highest BCUT2D eigenvalue weighted by molar-refractivity contribution is 5.91. The molecular weight excluding hydrogens is 194 g/mol. The summed E-state index contributed by atoms with van der Waals surface area (Å²) < 4.78 is 0. The molecule has 0 aliphatic carbocycles. The number of anilines is 1. The van der Waals surface area contributed by atoms with Crippen LogP contribution in [0.2, 0.25) is 0 Å². The van der Waals surface area contributed by atoms with Gasteiger partial charge >= 0.3 is 0 Å². The molecule has 0 spiro atoms. The van der Waals surface area contributed by atoms with E-state index in [0.717, 1.165) is 5.69 Å². The molecule has 1 unspecified atom stereocenters. The number of hydrogen-bond donors (Lipinski definition) is 2. The molecule has 0 aromatic carbocycles. The third-order valence-corrected chi connectivity index (χ3v) is 2.33. The fourth-order valence-corrected chi connectivity index (χ4v) is 1.15. The number of likely N-dealkylation sites (N-methyl/N-ethyl adjacent to an activating group) is 1. The Morgan fingerprint density at radius 1 is 1.73 bits per heavy atom. The van der Waals surface area contributed by atoms with E-state index >= 15 is 0 Å². The van der Waals surface area contributed by atoms with Crippen molar-refractivity contribution in [2.75, 3.05) is 18.6 Å². The van der Waals surface area contributed by atoms with Crippen LogP contribution in [0, 0.1) is 0 Å². The van der Waals surface area contributed by atoms with Gasteiger partial charge in [-0.1, -0.05) is 0 Å². The van der Waals surface area contributed by atoms with E-state index in [1.165, 1.54) is 6.20 Å². The topological polar surface area (TPSA) is 79.4 Å². The minimum Gasteiger partial charge on any atom is -0.394 e. The summed E-state index contributed by atoms with van der Waals surface area (Å²) in [7, 11) is 1.83. The van der Waals surface area contributed by atoms with Crippen LogP contribution in [0.25, 0.3) is 0 Å². The summed E-state index contributed by atoms with van der Waals surface area (Å²) in [6.45, 7) is 1.93. The predicted octanol–water partition coefficient (Wildman–Crippen LogP) is -0.00250. The summed E-state index contributed by atoms with van der Waals surface area (Å²) in [5.74, 6) is -0.554. The van der Waals surface area contributed by atoms with Crippen LogP contribution in [0.3, 0.4) is 0 Å². The Balaban J connectivity index is 2.94. The number of aromatic nitrogens is 1. The Labute approximate surface area is 88.5 Å². The van der Waals surface area contributed by atoms with E-state index in [9.17, 15) is 4.79 Å². The van der Waals surface area contributed by atoms with Crippen molar-refractivity contribution in [2.45, 2.75) is 13.0 Å². The summed E-state index contributed by atoms with van der Waals surface area (Å²) >= 11 is 0. The van der Waals surface area contributed by atoms with Crippen LogP contribution >= 0.6 is 0 Å². The lowest BCUT2D eigenvalue weighted by Crippen LogP contribution is -2.32. The average Bonchev–Trinajstić information content (AvgIpc) is 2.27. The third-order valence-electron chi connectivity index (χ3n) is 2.33. The second-order valence-electron chi connectivity index (χ2n) is 3.41. The molecule has 1 atom stereocenters. The Hall–Kier alpha value is -1.62. The molecule has 15 heavy (non-hydrogen) atoms. The van der Waals surface area contributed by atoms with Crippen LogP contribution in [0.1, 0.15) is 17.4 Å². The van der Waals surface area contributed by atoms with E-state index in [1.54, 1.807) is 12.1 Å². The van der Waals surface area contributed by atoms with Crippen LogP contribution < -0.4 is 10.6 Å². The van der Waals surface area contributed by atoms with E-state index in [0.29, 0.717) is 0 Å². The lowest BCUT2D eigenvalue weighted by atomic mass is 10.2. The van der Waals surface area contributed by atoms with Crippen molar-refractivity contribution >= 4 is 11.6 Å². The van der Waals surface area contributed by atoms with Crippen LogP contribution in [0.5, 0.6) is 0 Å². The second-order valence-corrected chi connectivity index (χ2v) is 3.41. The summed E-state index contributed by atoms with van der Waals surface area (Å²) in [6.07, 6.45) is 1.52. The number of amides is 1. The first-order valence-electron chi connectivity index (χ1n) is 4.65. The number of aliphatic hydroxyl groups excluding tert-OH is 1. The van der Waals surface area contributed by atoms with Gasteiger partial charge in [0, 0.05) is 25.0 Å². The van der Waals surface area contributed by atoms with E-state index in [-0.39, 0.29) is 18.3 Å². The smallest absolute Gasteiger partial charge is 0.267 e. The van der Waals surface area contributed by atoms with Crippen molar-refractivity contribution in [3.05, 3.63) is 24.0 Å². The largest absolute Gasteiger partial charge is 0.394 e. The first-order valence-corrected chi connectivity index (χ1v) is 4.65. The number of nitrogens with two attached hydrogens (primary N) is 1. The molecule has 0 saturated heterocycles. The van der Waals surface area contributed by atoms with Gasteiger partial charge in [-0.25, -0.2) is 0 Å². The van der Waals surface area contributed by atoms with Crippen LogP contribution in [-0.2, 0) is 0 Å². The summed E-state index contributed by atoms with van der Waals surface area (Å²) in [5.41, 5.74) is 6.15. The standard InChI is InChI=1S/C10H15N3O2/c1-7(6-14)13(2)8-3-4-12-9(5-8)10(11)15/h3-5,7,14H,6H2,1-2H3,(H2,11,15). The summed E-state index contributed by atoms with van der Waals surface area (Å²) in [5, 5.41) is 9.00. The van der Waals surface area contributed by atoms with E-state index in [2.05, 4.69) is 4.98 Å². The number of hydrogen-bond acceptors (Lipinski definition) is 4. The van der Waals surface area contributed by atoms with Gasteiger partial charge in [0.15, 0.2) is 0 Å². The fourth-order valence-electron chi connectivity index (χ4n) is 1.15. The highest BCUT2D eigenvalue weighted by Crippen LogP contribution is 2.14. The zero-order valence-corrected chi connectivity index (χ0v) is 8.84. The number of aliphatic hydroxyl groups is 1. The number of rotatable bonds is 4. The highest BCUT2D eigenvalue weighted by atomic mass is 16.3. The maximum absolute atomic E-state index is 10.9. The molecule has 0 fully saturated rings. The van der Waals surface area contributed by atoms with Gasteiger partial charge in [-0.2, -0.15) is 0 Å². The lowest BCUT2D eigenvalue weighted by molar-refractivity contribution is 0.0995. The molecule has 1 heterocycles. The molecule has 82 valence electrons. The first kappa shape index (κ1) is 11.5. The zero-order valence-electron chi connectivity index (χ0n) is 8.84. The maximum Gasteiger partial charge on any atom is 0.267 e.